The van der Waals surface area contributed by atoms with Crippen molar-refractivity contribution in [2.75, 3.05) is 0 Å². The quantitative estimate of drug-likeness (QED) is 0.186. The van der Waals surface area contributed by atoms with Crippen molar-refractivity contribution >= 4 is 49.2 Å². The second kappa shape index (κ2) is 9.81. The van der Waals surface area contributed by atoms with Gasteiger partial charge in [0.05, 0.1) is 28.6 Å². The normalized spacial score (nSPS) is 13.6. The standard InChI is InChI=1S/C28H19F2N3O5S/c1-2-3-4-20(23(34)14-31)24-25-22(10-6-16-11-12-38-27(16)25)33(15-17-5-7-18(29)13-21(17)30)26(24)28(35)32-39(36,37)19-8-9-19/h2-8,10-13H,9,15H2,1H3,(H,32,35)/b3-2-,20-4+. The Morgan fingerprint density at radius 3 is 2.64 bits per heavy atom. The number of aromatic nitrogens is 1. The molecule has 1 N–H and O–H groups in total. The molecule has 0 atom stereocenters. The van der Waals surface area contributed by atoms with Crippen molar-refractivity contribution in [3.63, 3.8) is 0 Å². The molecule has 1 amide bonds. The summed E-state index contributed by atoms with van der Waals surface area (Å²) in [7, 11) is -4.17. The number of nitrogens with zero attached hydrogens (tertiary/aromatic N) is 2. The van der Waals surface area contributed by atoms with Crippen LogP contribution in [0.5, 0.6) is 0 Å². The molecule has 2 aromatic carbocycles. The van der Waals surface area contributed by atoms with E-state index in [0.717, 1.165) is 6.07 Å². The van der Waals surface area contributed by atoms with E-state index in [-0.39, 0.29) is 51.2 Å². The van der Waals surface area contributed by atoms with Crippen molar-refractivity contribution in [1.29, 1.82) is 5.26 Å². The van der Waals surface area contributed by atoms with Crippen LogP contribution in [0.25, 0.3) is 27.4 Å². The summed E-state index contributed by atoms with van der Waals surface area (Å²) >= 11 is 0. The summed E-state index contributed by atoms with van der Waals surface area (Å²) in [6.45, 7) is 1.35. The summed E-state index contributed by atoms with van der Waals surface area (Å²) in [5.74, 6) is -3.79. The third kappa shape index (κ3) is 4.66. The fourth-order valence-corrected chi connectivity index (χ4v) is 5.36. The number of hydrogen-bond acceptors (Lipinski definition) is 6. The Hall–Kier alpha value is -4.82. The summed E-state index contributed by atoms with van der Waals surface area (Å²) < 4.78 is 62.8. The number of fused-ring (bicyclic) bond motifs is 3. The lowest BCUT2D eigenvalue weighted by atomic mass is 9.97. The maximum absolute atomic E-state index is 14.8. The van der Waals surface area contributed by atoms with E-state index in [1.54, 1.807) is 37.3 Å². The van der Waals surface area contributed by atoms with Gasteiger partial charge in [0.1, 0.15) is 29.0 Å². The molecular weight excluding hydrogens is 528 g/mol. The summed E-state index contributed by atoms with van der Waals surface area (Å²) in [6, 6.07) is 9.43. The summed E-state index contributed by atoms with van der Waals surface area (Å²) in [5.41, 5.74) is -0.0268. The van der Waals surface area contributed by atoms with Gasteiger partial charge in [-0.1, -0.05) is 24.3 Å². The predicted octanol–water partition coefficient (Wildman–Crippen LogP) is 5.11. The zero-order valence-corrected chi connectivity index (χ0v) is 21.2. The van der Waals surface area contributed by atoms with E-state index >= 15 is 0 Å². The van der Waals surface area contributed by atoms with Gasteiger partial charge in [0.2, 0.25) is 0 Å². The van der Waals surface area contributed by atoms with Crippen LogP contribution < -0.4 is 4.72 Å². The maximum Gasteiger partial charge on any atom is 0.282 e. The largest absolute Gasteiger partial charge is 0.464 e. The number of furan rings is 1. The van der Waals surface area contributed by atoms with Crippen molar-refractivity contribution in [3.05, 3.63) is 100 Å². The first-order valence-electron chi connectivity index (χ1n) is 11.7. The van der Waals surface area contributed by atoms with E-state index in [1.165, 1.54) is 35.1 Å². The van der Waals surface area contributed by atoms with Crippen LogP contribution in [0.4, 0.5) is 8.78 Å². The molecule has 0 fully saturated rings. The Kier molecular flexibility index (Phi) is 6.49. The predicted molar refractivity (Wildman–Crippen MR) is 140 cm³/mol. The number of rotatable bonds is 8. The van der Waals surface area contributed by atoms with Crippen LogP contribution in [-0.4, -0.2) is 24.7 Å². The number of sulfonamides is 1. The van der Waals surface area contributed by atoms with Crippen molar-refractivity contribution in [2.45, 2.75) is 19.9 Å². The second-order valence-electron chi connectivity index (χ2n) is 8.70. The summed E-state index contributed by atoms with van der Waals surface area (Å²) in [4.78, 5) is 26.7. The molecule has 2 aromatic heterocycles. The minimum atomic E-state index is -4.17. The first-order valence-corrected chi connectivity index (χ1v) is 13.1. The topological polar surface area (TPSA) is 122 Å². The number of allylic oxidation sites excluding steroid dienone is 6. The van der Waals surface area contributed by atoms with Gasteiger partial charge in [0.15, 0.2) is 0 Å². The Labute approximate surface area is 221 Å². The molecule has 0 unspecified atom stereocenters. The molecule has 8 nitrogen and oxygen atoms in total. The fraction of sp³-hybridized carbons (Fsp3) is 0.107. The number of carbonyl (C=O) groups excluding carboxylic acids is 2. The molecule has 1 aliphatic rings. The molecule has 39 heavy (non-hydrogen) atoms. The molecule has 196 valence electrons. The molecule has 0 aliphatic heterocycles. The Balaban J connectivity index is 1.89. The third-order valence-electron chi connectivity index (χ3n) is 6.22. The molecule has 2 heterocycles. The number of amides is 1. The highest BCUT2D eigenvalue weighted by Gasteiger charge is 2.34. The van der Waals surface area contributed by atoms with Crippen molar-refractivity contribution in [3.8, 4) is 6.07 Å². The molecule has 0 spiro atoms. The van der Waals surface area contributed by atoms with E-state index in [0.29, 0.717) is 17.0 Å². The maximum atomic E-state index is 14.8. The Morgan fingerprint density at radius 2 is 1.97 bits per heavy atom. The van der Waals surface area contributed by atoms with Gasteiger partial charge in [-0.25, -0.2) is 21.9 Å². The monoisotopic (exact) mass is 547 g/mol. The van der Waals surface area contributed by atoms with Crippen molar-refractivity contribution in [2.24, 2.45) is 0 Å². The third-order valence-corrected chi connectivity index (χ3v) is 7.70. The molecule has 11 heteroatoms. The van der Waals surface area contributed by atoms with Crippen LogP contribution in [-0.2, 0) is 21.4 Å². The number of nitriles is 1. The van der Waals surface area contributed by atoms with E-state index in [1.807, 2.05) is 4.72 Å². The number of Topliss-reactive ketones (excluding diaryl/α,β-unsaturated/α-hetero) is 1. The lowest BCUT2D eigenvalue weighted by Gasteiger charge is -2.13. The molecule has 0 saturated carbocycles. The first-order chi connectivity index (χ1) is 18.7. The smallest absolute Gasteiger partial charge is 0.282 e. The van der Waals surface area contributed by atoms with Crippen LogP contribution in [0.15, 0.2) is 76.3 Å². The van der Waals surface area contributed by atoms with Gasteiger partial charge < -0.3 is 8.98 Å². The van der Waals surface area contributed by atoms with Gasteiger partial charge in [0.25, 0.3) is 21.7 Å². The molecule has 1 aliphatic carbocycles. The number of ketones is 1. The minimum absolute atomic E-state index is 0.00760. The number of halogens is 2. The zero-order chi connectivity index (χ0) is 27.9. The molecule has 0 bridgehead atoms. The number of carbonyl (C=O) groups is 2. The van der Waals surface area contributed by atoms with Crippen LogP contribution in [0.3, 0.4) is 0 Å². The summed E-state index contributed by atoms with van der Waals surface area (Å²) in [5, 5.41) is 10.4. The van der Waals surface area contributed by atoms with Crippen LogP contribution in [0, 0.1) is 23.0 Å². The van der Waals surface area contributed by atoms with E-state index < -0.39 is 33.3 Å². The van der Waals surface area contributed by atoms with E-state index in [9.17, 15) is 32.0 Å². The molecule has 0 radical (unpaired) electrons. The number of benzene rings is 2. The van der Waals surface area contributed by atoms with Gasteiger partial charge in [-0.05, 0) is 37.3 Å². The highest BCUT2D eigenvalue weighted by atomic mass is 32.2. The van der Waals surface area contributed by atoms with Gasteiger partial charge in [-0.3, -0.25) is 9.59 Å². The molecular formula is C28H19F2N3O5S. The van der Waals surface area contributed by atoms with Gasteiger partial charge >= 0.3 is 0 Å². The number of nitrogens with one attached hydrogen (secondary N) is 1. The zero-order valence-electron chi connectivity index (χ0n) is 20.4. The van der Waals surface area contributed by atoms with Crippen LogP contribution in [0.2, 0.25) is 0 Å². The van der Waals surface area contributed by atoms with Crippen molar-refractivity contribution < 1.29 is 31.2 Å². The minimum Gasteiger partial charge on any atom is -0.464 e. The van der Waals surface area contributed by atoms with E-state index in [2.05, 4.69) is 0 Å². The SMILES string of the molecule is C/C=C\C=C(/C(=O)C#N)c1c(C(=O)NS(=O)(=O)C2=CC2)n(Cc2ccc(F)cc2F)c2ccc3ccoc3c12. The van der Waals surface area contributed by atoms with Crippen LogP contribution >= 0.6 is 0 Å². The average Bonchev–Trinajstić information content (AvgIpc) is 3.58. The first kappa shape index (κ1) is 25.8. The highest BCUT2D eigenvalue weighted by Crippen LogP contribution is 2.39. The Bertz CT molecular complexity index is 1940. The van der Waals surface area contributed by atoms with Gasteiger partial charge in [-0.2, -0.15) is 5.26 Å². The summed E-state index contributed by atoms with van der Waals surface area (Å²) in [6.07, 6.45) is 7.43. The van der Waals surface area contributed by atoms with Gasteiger partial charge in [-0.15, -0.1) is 0 Å². The number of hydrogen-bond donors (Lipinski definition) is 1. The molecule has 5 rings (SSSR count). The average molecular weight is 548 g/mol. The molecule has 4 aromatic rings. The second-order valence-corrected chi connectivity index (χ2v) is 10.4. The fourth-order valence-electron chi connectivity index (χ4n) is 4.37. The van der Waals surface area contributed by atoms with Gasteiger partial charge in [0, 0.05) is 34.6 Å². The lowest BCUT2D eigenvalue weighted by Crippen LogP contribution is -2.32. The van der Waals surface area contributed by atoms with Crippen molar-refractivity contribution in [1.82, 2.24) is 9.29 Å². The molecule has 0 saturated heterocycles. The highest BCUT2D eigenvalue weighted by molar-refractivity contribution is 7.94. The lowest BCUT2D eigenvalue weighted by molar-refractivity contribution is -0.109. The Morgan fingerprint density at radius 1 is 1.21 bits per heavy atom. The van der Waals surface area contributed by atoms with E-state index in [4.69, 9.17) is 4.42 Å². The van der Waals surface area contributed by atoms with Crippen LogP contribution in [0.1, 0.15) is 35.0 Å².